The Balaban J connectivity index is 1.52. The molecule has 1 aliphatic heterocycles. The molecule has 1 fully saturated rings. The number of sulfonamides is 1. The van der Waals surface area contributed by atoms with Crippen LogP contribution >= 0.6 is 0 Å². The molecule has 0 unspecified atom stereocenters. The first-order valence-corrected chi connectivity index (χ1v) is 12.7. The third kappa shape index (κ3) is 6.75. The summed E-state index contributed by atoms with van der Waals surface area (Å²) in [7, 11) is -3.28. The fraction of sp³-hybridized carbons (Fsp3) is 0.571. The molecule has 2 aromatic heterocycles. The van der Waals surface area contributed by atoms with E-state index in [0.717, 1.165) is 29.3 Å². The third-order valence-electron chi connectivity index (χ3n) is 5.72. The number of rotatable bonds is 9. The second-order valence-corrected chi connectivity index (χ2v) is 10.4. The van der Waals surface area contributed by atoms with Gasteiger partial charge >= 0.3 is 0 Å². The molecule has 0 saturated carbocycles. The van der Waals surface area contributed by atoms with Crippen molar-refractivity contribution in [3.8, 4) is 0 Å². The Hall–Kier alpha value is -2.50. The van der Waals surface area contributed by atoms with Gasteiger partial charge in [-0.15, -0.1) is 0 Å². The minimum absolute atomic E-state index is 0.213. The van der Waals surface area contributed by atoms with Crippen LogP contribution in [0.3, 0.4) is 0 Å². The molecule has 0 spiro atoms. The quantitative estimate of drug-likeness (QED) is 0.422. The number of aromatic nitrogens is 2. The van der Waals surface area contributed by atoms with Crippen molar-refractivity contribution < 1.29 is 18.0 Å². The number of aromatic amines is 1. The molecule has 11 heteroatoms. The number of amides is 2. The summed E-state index contributed by atoms with van der Waals surface area (Å²) in [5.41, 5.74) is 1.80. The number of likely N-dealkylation sites (tertiary alicyclic amines) is 1. The van der Waals surface area contributed by atoms with Gasteiger partial charge in [-0.25, -0.2) is 13.1 Å². The van der Waals surface area contributed by atoms with Gasteiger partial charge in [0.1, 0.15) is 6.04 Å². The first kappa shape index (κ1) is 24.1. The molecule has 4 N–H and O–H groups in total. The van der Waals surface area contributed by atoms with Gasteiger partial charge in [0.15, 0.2) is 0 Å². The van der Waals surface area contributed by atoms with E-state index in [1.807, 2.05) is 17.0 Å². The number of fused-ring (bicyclic) bond motifs is 1. The smallest absolute Gasteiger partial charge is 0.242 e. The average Bonchev–Trinajstić information content (AvgIpc) is 3.15. The average molecular weight is 465 g/mol. The van der Waals surface area contributed by atoms with E-state index < -0.39 is 22.1 Å². The van der Waals surface area contributed by atoms with Crippen LogP contribution in [0.5, 0.6) is 0 Å². The molecule has 0 radical (unpaired) electrons. The molecule has 1 saturated heterocycles. The lowest BCUT2D eigenvalue weighted by Gasteiger charge is -2.37. The highest BCUT2D eigenvalue weighted by molar-refractivity contribution is 7.88. The van der Waals surface area contributed by atoms with Gasteiger partial charge in [-0.3, -0.25) is 19.5 Å². The molecule has 0 aromatic carbocycles. The number of nitrogens with one attached hydrogen (secondary N) is 4. The number of carbonyl (C=O) groups is 2. The summed E-state index contributed by atoms with van der Waals surface area (Å²) in [4.78, 5) is 34.8. The molecule has 3 heterocycles. The van der Waals surface area contributed by atoms with E-state index in [-0.39, 0.29) is 18.4 Å². The minimum Gasteiger partial charge on any atom is -0.357 e. The zero-order valence-electron chi connectivity index (χ0n) is 18.7. The summed E-state index contributed by atoms with van der Waals surface area (Å²) in [6.07, 6.45) is 6.18. The molecule has 3 rings (SSSR count). The number of hydrogen-bond donors (Lipinski definition) is 4. The van der Waals surface area contributed by atoms with Gasteiger partial charge in [0.2, 0.25) is 21.8 Å². The van der Waals surface area contributed by atoms with Crippen molar-refractivity contribution in [2.45, 2.75) is 45.3 Å². The lowest BCUT2D eigenvalue weighted by atomic mass is 9.91. The van der Waals surface area contributed by atoms with E-state index in [1.165, 1.54) is 0 Å². The van der Waals surface area contributed by atoms with Crippen LogP contribution in [0.4, 0.5) is 0 Å². The maximum Gasteiger partial charge on any atom is 0.242 e. The highest BCUT2D eigenvalue weighted by Crippen LogP contribution is 2.22. The van der Waals surface area contributed by atoms with E-state index in [2.05, 4.69) is 32.2 Å². The number of H-pyrrole nitrogens is 1. The molecule has 10 nitrogen and oxygen atoms in total. The van der Waals surface area contributed by atoms with Crippen molar-refractivity contribution in [1.29, 1.82) is 0 Å². The van der Waals surface area contributed by atoms with Crippen molar-refractivity contribution >= 4 is 32.7 Å². The Morgan fingerprint density at radius 3 is 2.88 bits per heavy atom. The summed E-state index contributed by atoms with van der Waals surface area (Å²) < 4.78 is 25.1. The summed E-state index contributed by atoms with van der Waals surface area (Å²) >= 11 is 0. The lowest BCUT2D eigenvalue weighted by Crippen LogP contribution is -2.56. The van der Waals surface area contributed by atoms with Gasteiger partial charge in [0, 0.05) is 42.1 Å². The first-order chi connectivity index (χ1) is 15.1. The predicted octanol–water partition coefficient (Wildman–Crippen LogP) is 0.334. The van der Waals surface area contributed by atoms with Gasteiger partial charge in [0.25, 0.3) is 0 Å². The highest BCUT2D eigenvalue weighted by atomic mass is 32.2. The third-order valence-corrected chi connectivity index (χ3v) is 6.45. The standard InChI is InChI=1S/C21H32N6O4S/c1-14-5-8-27(9-7-24-32(3,30)31)19(10-14)21(29)25-15(2)20(28)23-13-17-11-16-12-22-6-4-18(16)26-17/h4,6,11-12,14-15,19,24,26H,5,7-10,13H2,1-3H3,(H,23,28)(H,25,29)/t14-,15-,19+/m0/s1. The Morgan fingerprint density at radius 2 is 2.16 bits per heavy atom. The Morgan fingerprint density at radius 1 is 1.38 bits per heavy atom. The van der Waals surface area contributed by atoms with E-state index in [9.17, 15) is 18.0 Å². The van der Waals surface area contributed by atoms with Crippen molar-refractivity contribution in [3.05, 3.63) is 30.2 Å². The molecule has 32 heavy (non-hydrogen) atoms. The maximum absolute atomic E-state index is 12.9. The van der Waals surface area contributed by atoms with Crippen LogP contribution < -0.4 is 15.4 Å². The zero-order chi connectivity index (χ0) is 23.3. The Bertz CT molecular complexity index is 1020. The lowest BCUT2D eigenvalue weighted by molar-refractivity contribution is -0.133. The monoisotopic (exact) mass is 464 g/mol. The number of piperidine rings is 1. The number of hydrogen-bond acceptors (Lipinski definition) is 6. The Kier molecular flexibility index (Phi) is 7.86. The molecule has 0 aliphatic carbocycles. The number of carbonyl (C=O) groups excluding carboxylic acids is 2. The summed E-state index contributed by atoms with van der Waals surface area (Å²) in [5.74, 6) is -0.106. The summed E-state index contributed by atoms with van der Waals surface area (Å²) in [5, 5.41) is 6.63. The Labute approximate surface area is 188 Å². The van der Waals surface area contributed by atoms with Crippen LogP contribution in [-0.4, -0.2) is 73.1 Å². The minimum atomic E-state index is -3.28. The second kappa shape index (κ2) is 10.4. The van der Waals surface area contributed by atoms with Crippen molar-refractivity contribution in [1.82, 2.24) is 30.2 Å². The highest BCUT2D eigenvalue weighted by Gasteiger charge is 2.32. The maximum atomic E-state index is 12.9. The summed E-state index contributed by atoms with van der Waals surface area (Å²) in [6.45, 7) is 5.46. The number of nitrogens with zero attached hydrogens (tertiary/aromatic N) is 2. The van der Waals surface area contributed by atoms with E-state index in [4.69, 9.17) is 0 Å². The van der Waals surface area contributed by atoms with Crippen molar-refractivity contribution in [3.63, 3.8) is 0 Å². The predicted molar refractivity (Wildman–Crippen MR) is 122 cm³/mol. The largest absolute Gasteiger partial charge is 0.357 e. The van der Waals surface area contributed by atoms with Crippen molar-refractivity contribution in [2.75, 3.05) is 25.9 Å². The van der Waals surface area contributed by atoms with Gasteiger partial charge in [-0.2, -0.15) is 0 Å². The molecule has 176 valence electrons. The van der Waals surface area contributed by atoms with Gasteiger partial charge in [-0.05, 0) is 44.4 Å². The normalized spacial score (nSPS) is 20.7. The van der Waals surface area contributed by atoms with Crippen LogP contribution in [0.1, 0.15) is 32.4 Å². The fourth-order valence-corrected chi connectivity index (χ4v) is 4.41. The molecule has 3 atom stereocenters. The van der Waals surface area contributed by atoms with E-state index >= 15 is 0 Å². The first-order valence-electron chi connectivity index (χ1n) is 10.8. The summed E-state index contributed by atoms with van der Waals surface area (Å²) in [6, 6.07) is 2.71. The van der Waals surface area contributed by atoms with Crippen LogP contribution in [0.2, 0.25) is 0 Å². The molecule has 2 amide bonds. The molecular weight excluding hydrogens is 432 g/mol. The van der Waals surface area contributed by atoms with Crippen molar-refractivity contribution in [2.24, 2.45) is 5.92 Å². The van der Waals surface area contributed by atoms with Gasteiger partial charge in [-0.1, -0.05) is 6.92 Å². The molecule has 2 aromatic rings. The molecule has 1 aliphatic rings. The van der Waals surface area contributed by atoms with Crippen LogP contribution in [0.25, 0.3) is 10.9 Å². The topological polar surface area (TPSA) is 136 Å². The molecule has 0 bridgehead atoms. The van der Waals surface area contributed by atoms with Crippen LogP contribution in [-0.2, 0) is 26.2 Å². The van der Waals surface area contributed by atoms with Gasteiger partial charge in [0.05, 0.1) is 18.8 Å². The fourth-order valence-electron chi connectivity index (χ4n) is 3.94. The van der Waals surface area contributed by atoms with Crippen LogP contribution in [0, 0.1) is 5.92 Å². The number of pyridine rings is 1. The van der Waals surface area contributed by atoms with Gasteiger partial charge < -0.3 is 15.6 Å². The van der Waals surface area contributed by atoms with E-state index in [1.54, 1.807) is 19.3 Å². The van der Waals surface area contributed by atoms with Crippen LogP contribution in [0.15, 0.2) is 24.5 Å². The second-order valence-electron chi connectivity index (χ2n) is 8.55. The van der Waals surface area contributed by atoms with E-state index in [0.29, 0.717) is 32.0 Å². The molecular formula is C21H32N6O4S. The zero-order valence-corrected chi connectivity index (χ0v) is 19.5. The SMILES string of the molecule is C[C@H]1CCN(CCNS(C)(=O)=O)[C@@H](C(=O)N[C@@H](C)C(=O)NCc2cc3cnccc3[nH]2)C1.